The summed E-state index contributed by atoms with van der Waals surface area (Å²) >= 11 is 5.61. The van der Waals surface area contributed by atoms with E-state index in [-0.39, 0.29) is 21.8 Å². The number of aryl methyl sites for hydroxylation is 2. The number of hydrogen-bond acceptors (Lipinski definition) is 4. The van der Waals surface area contributed by atoms with E-state index in [0.29, 0.717) is 0 Å². The number of hydrogen-bond donors (Lipinski definition) is 0. The second kappa shape index (κ2) is 6.42. The SMILES string of the molecule is Cc1cc(S(=O)(=O)Cl)cc(C)c1Oc1nccc(Cl)c1C(F)(F)F. The van der Waals surface area contributed by atoms with Crippen molar-refractivity contribution in [3.8, 4) is 11.6 Å². The summed E-state index contributed by atoms with van der Waals surface area (Å²) in [5.41, 5.74) is -0.646. The molecule has 0 unspecified atom stereocenters. The highest BCUT2D eigenvalue weighted by Gasteiger charge is 2.38. The topological polar surface area (TPSA) is 56.3 Å². The number of aromatic nitrogens is 1. The maximum absolute atomic E-state index is 13.1. The quantitative estimate of drug-likeness (QED) is 0.674. The molecule has 1 aromatic heterocycles. The van der Waals surface area contributed by atoms with E-state index in [2.05, 4.69) is 4.98 Å². The van der Waals surface area contributed by atoms with Crippen molar-refractivity contribution >= 4 is 31.3 Å². The van der Waals surface area contributed by atoms with E-state index in [0.717, 1.165) is 12.3 Å². The molecule has 2 aromatic rings. The van der Waals surface area contributed by atoms with E-state index in [1.807, 2.05) is 0 Å². The van der Waals surface area contributed by atoms with Crippen molar-refractivity contribution in [2.75, 3.05) is 0 Å². The van der Waals surface area contributed by atoms with Crippen molar-refractivity contribution in [3.05, 3.63) is 46.1 Å². The largest absolute Gasteiger partial charge is 0.438 e. The van der Waals surface area contributed by atoms with Gasteiger partial charge in [-0.05, 0) is 43.2 Å². The molecule has 0 aliphatic carbocycles. The van der Waals surface area contributed by atoms with Gasteiger partial charge in [-0.3, -0.25) is 0 Å². The van der Waals surface area contributed by atoms with E-state index in [9.17, 15) is 21.6 Å². The van der Waals surface area contributed by atoms with Crippen LogP contribution in [0.25, 0.3) is 0 Å². The molecule has 4 nitrogen and oxygen atoms in total. The first-order chi connectivity index (χ1) is 10.9. The standard InChI is InChI=1S/C14H10Cl2F3NO3S/c1-7-5-9(24(16,21)22)6-8(2)12(7)23-13-11(14(17,18)19)10(15)3-4-20-13/h3-6H,1-2H3. The van der Waals surface area contributed by atoms with Gasteiger partial charge in [0.15, 0.2) is 0 Å². The smallest absolute Gasteiger partial charge is 0.423 e. The zero-order valence-electron chi connectivity index (χ0n) is 12.3. The van der Waals surface area contributed by atoms with Gasteiger partial charge < -0.3 is 4.74 Å². The van der Waals surface area contributed by atoms with Crippen LogP contribution in [0.2, 0.25) is 5.02 Å². The molecular weight excluding hydrogens is 390 g/mol. The zero-order chi connectivity index (χ0) is 18.3. The lowest BCUT2D eigenvalue weighted by atomic mass is 10.1. The summed E-state index contributed by atoms with van der Waals surface area (Å²) < 4.78 is 67.5. The van der Waals surface area contributed by atoms with Crippen molar-refractivity contribution in [1.29, 1.82) is 0 Å². The maximum atomic E-state index is 13.1. The third-order valence-corrected chi connectivity index (χ3v) is 4.71. The van der Waals surface area contributed by atoms with Crippen LogP contribution in [-0.4, -0.2) is 13.4 Å². The molecule has 0 saturated heterocycles. The average molecular weight is 400 g/mol. The first kappa shape index (κ1) is 18.8. The second-order valence-electron chi connectivity index (χ2n) is 4.90. The summed E-state index contributed by atoms with van der Waals surface area (Å²) in [7, 11) is 1.30. The Morgan fingerprint density at radius 1 is 1.17 bits per heavy atom. The fourth-order valence-corrected chi connectivity index (χ4v) is 3.21. The number of pyridine rings is 1. The highest BCUT2D eigenvalue weighted by atomic mass is 35.7. The first-order valence-electron chi connectivity index (χ1n) is 6.36. The molecule has 0 atom stereocenters. The normalized spacial score (nSPS) is 12.3. The van der Waals surface area contributed by atoms with Crippen molar-refractivity contribution in [2.45, 2.75) is 24.9 Å². The van der Waals surface area contributed by atoms with Gasteiger partial charge in [0.25, 0.3) is 9.05 Å². The molecule has 2 rings (SSSR count). The highest BCUT2D eigenvalue weighted by molar-refractivity contribution is 8.13. The van der Waals surface area contributed by atoms with Gasteiger partial charge in [-0.1, -0.05) is 11.6 Å². The molecule has 1 aromatic carbocycles. The Balaban J connectivity index is 2.57. The minimum atomic E-state index is -4.76. The lowest BCUT2D eigenvalue weighted by molar-refractivity contribution is -0.138. The predicted octanol–water partition coefficient (Wildman–Crippen LogP) is 5.09. The Bertz CT molecular complexity index is 876. The van der Waals surface area contributed by atoms with Crippen LogP contribution in [0.5, 0.6) is 11.6 Å². The molecule has 24 heavy (non-hydrogen) atoms. The van der Waals surface area contributed by atoms with Crippen LogP contribution in [0.1, 0.15) is 16.7 Å². The van der Waals surface area contributed by atoms with Gasteiger partial charge in [-0.2, -0.15) is 13.2 Å². The van der Waals surface area contributed by atoms with Gasteiger partial charge in [0.1, 0.15) is 11.3 Å². The average Bonchev–Trinajstić information content (AvgIpc) is 2.40. The van der Waals surface area contributed by atoms with Crippen molar-refractivity contribution < 1.29 is 26.3 Å². The minimum absolute atomic E-state index is 0.0410. The third-order valence-electron chi connectivity index (χ3n) is 3.06. The predicted molar refractivity (Wildman–Crippen MR) is 83.3 cm³/mol. The fourth-order valence-electron chi connectivity index (χ4n) is 2.06. The summed E-state index contributed by atoms with van der Waals surface area (Å²) in [6, 6.07) is 3.39. The summed E-state index contributed by atoms with van der Waals surface area (Å²) in [4.78, 5) is 3.40. The van der Waals surface area contributed by atoms with Crippen LogP contribution in [0.4, 0.5) is 13.2 Å². The van der Waals surface area contributed by atoms with Gasteiger partial charge in [0.05, 0.1) is 9.92 Å². The monoisotopic (exact) mass is 399 g/mol. The van der Waals surface area contributed by atoms with Crippen molar-refractivity contribution in [1.82, 2.24) is 4.98 Å². The summed E-state index contributed by atoms with van der Waals surface area (Å²) in [5.74, 6) is -0.679. The van der Waals surface area contributed by atoms with E-state index in [1.165, 1.54) is 26.0 Å². The molecule has 0 amide bonds. The Morgan fingerprint density at radius 2 is 1.71 bits per heavy atom. The Hall–Kier alpha value is -1.51. The Morgan fingerprint density at radius 3 is 2.17 bits per heavy atom. The number of nitrogens with zero attached hydrogens (tertiary/aromatic N) is 1. The minimum Gasteiger partial charge on any atom is -0.438 e. The van der Waals surface area contributed by atoms with Crippen molar-refractivity contribution in [3.63, 3.8) is 0 Å². The van der Waals surface area contributed by atoms with Gasteiger partial charge in [0.2, 0.25) is 5.88 Å². The lowest BCUT2D eigenvalue weighted by Gasteiger charge is -2.16. The summed E-state index contributed by atoms with van der Waals surface area (Å²) in [6.45, 7) is 2.96. The van der Waals surface area contributed by atoms with Gasteiger partial charge in [-0.25, -0.2) is 13.4 Å². The molecule has 0 fully saturated rings. The fraction of sp³-hybridized carbons (Fsp3) is 0.214. The van der Waals surface area contributed by atoms with Crippen LogP contribution >= 0.6 is 22.3 Å². The molecule has 0 saturated carbocycles. The molecule has 0 N–H and O–H groups in total. The van der Waals surface area contributed by atoms with Crippen LogP contribution in [0, 0.1) is 13.8 Å². The van der Waals surface area contributed by atoms with Crippen molar-refractivity contribution in [2.24, 2.45) is 0 Å². The van der Waals surface area contributed by atoms with E-state index in [4.69, 9.17) is 27.0 Å². The second-order valence-corrected chi connectivity index (χ2v) is 7.87. The molecule has 10 heteroatoms. The molecule has 0 aliphatic heterocycles. The first-order valence-corrected chi connectivity index (χ1v) is 9.05. The van der Waals surface area contributed by atoms with Crippen LogP contribution < -0.4 is 4.74 Å². The van der Waals surface area contributed by atoms with Gasteiger partial charge in [-0.15, -0.1) is 0 Å². The third kappa shape index (κ3) is 3.93. The Labute approximate surface area is 145 Å². The lowest BCUT2D eigenvalue weighted by Crippen LogP contribution is -2.10. The number of benzene rings is 1. The van der Waals surface area contributed by atoms with E-state index < -0.39 is 31.7 Å². The molecule has 0 radical (unpaired) electrons. The molecule has 0 aliphatic rings. The maximum Gasteiger partial charge on any atom is 0.423 e. The molecule has 130 valence electrons. The summed E-state index contributed by atoms with van der Waals surface area (Å²) in [5, 5.41) is -0.553. The van der Waals surface area contributed by atoms with Crippen LogP contribution in [0.3, 0.4) is 0 Å². The van der Waals surface area contributed by atoms with Gasteiger partial charge >= 0.3 is 6.18 Å². The van der Waals surface area contributed by atoms with Crippen LogP contribution in [-0.2, 0) is 15.2 Å². The highest BCUT2D eigenvalue weighted by Crippen LogP contribution is 2.42. The molecule has 0 bridgehead atoms. The molecule has 0 spiro atoms. The number of rotatable bonds is 3. The van der Waals surface area contributed by atoms with E-state index in [1.54, 1.807) is 0 Å². The molecule has 1 heterocycles. The van der Waals surface area contributed by atoms with Crippen LogP contribution in [0.15, 0.2) is 29.3 Å². The molecular formula is C14H10Cl2F3NO3S. The van der Waals surface area contributed by atoms with E-state index >= 15 is 0 Å². The Kier molecular flexibility index (Phi) is 5.03. The zero-order valence-corrected chi connectivity index (χ0v) is 14.6. The number of ether oxygens (including phenoxy) is 1. The van der Waals surface area contributed by atoms with Gasteiger partial charge in [0, 0.05) is 16.9 Å². The number of alkyl halides is 3. The summed E-state index contributed by atoms with van der Waals surface area (Å²) in [6.07, 6.45) is -3.68. The number of halogens is 5.